The van der Waals surface area contributed by atoms with Crippen LogP contribution >= 0.6 is 0 Å². The zero-order valence-electron chi connectivity index (χ0n) is 10.7. The van der Waals surface area contributed by atoms with Gasteiger partial charge in [0, 0.05) is 18.5 Å². The van der Waals surface area contributed by atoms with Gasteiger partial charge in [-0.05, 0) is 18.1 Å². The molecule has 0 saturated carbocycles. The van der Waals surface area contributed by atoms with Crippen LogP contribution in [0, 0.1) is 0 Å². The van der Waals surface area contributed by atoms with E-state index in [0.29, 0.717) is 5.82 Å². The van der Waals surface area contributed by atoms with E-state index in [-0.39, 0.29) is 5.92 Å². The quantitative estimate of drug-likeness (QED) is 0.847. The minimum atomic E-state index is 0.289. The zero-order valence-corrected chi connectivity index (χ0v) is 10.7. The third-order valence-electron chi connectivity index (χ3n) is 2.74. The molecule has 0 radical (unpaired) electrons. The summed E-state index contributed by atoms with van der Waals surface area (Å²) in [5, 5.41) is 3.28. The van der Waals surface area contributed by atoms with Crippen molar-refractivity contribution in [1.82, 2.24) is 9.97 Å². The molecule has 0 aliphatic rings. The van der Waals surface area contributed by atoms with Gasteiger partial charge in [-0.3, -0.25) is 0 Å². The Hall–Kier alpha value is -2.04. The Morgan fingerprint density at radius 3 is 2.89 bits per heavy atom. The van der Waals surface area contributed by atoms with Crippen molar-refractivity contribution in [3.05, 3.63) is 36.0 Å². The van der Waals surface area contributed by atoms with Crippen molar-refractivity contribution < 1.29 is 4.42 Å². The second-order valence-corrected chi connectivity index (χ2v) is 4.43. The number of aromatic nitrogens is 2. The Morgan fingerprint density at radius 2 is 2.22 bits per heavy atom. The van der Waals surface area contributed by atoms with Crippen molar-refractivity contribution in [3.8, 4) is 0 Å². The smallest absolute Gasteiger partial charge is 0.134 e. The van der Waals surface area contributed by atoms with E-state index >= 15 is 0 Å². The van der Waals surface area contributed by atoms with Crippen molar-refractivity contribution in [2.24, 2.45) is 0 Å². The molecule has 5 nitrogen and oxygen atoms in total. The molecule has 0 aliphatic carbocycles. The highest BCUT2D eigenvalue weighted by molar-refractivity contribution is 5.56. The molecule has 0 aromatic carbocycles. The van der Waals surface area contributed by atoms with Gasteiger partial charge in [0.15, 0.2) is 0 Å². The molecule has 2 heterocycles. The van der Waals surface area contributed by atoms with E-state index in [2.05, 4.69) is 29.1 Å². The lowest BCUT2D eigenvalue weighted by Crippen LogP contribution is -2.11. The van der Waals surface area contributed by atoms with Crippen molar-refractivity contribution in [2.75, 3.05) is 17.6 Å². The maximum Gasteiger partial charge on any atom is 0.134 e. The average Bonchev–Trinajstić information content (AvgIpc) is 2.81. The second-order valence-electron chi connectivity index (χ2n) is 4.43. The predicted octanol–water partition coefficient (Wildman–Crippen LogP) is 2.43. The molecule has 2 aromatic heterocycles. The summed E-state index contributed by atoms with van der Waals surface area (Å²) >= 11 is 0. The second kappa shape index (κ2) is 5.53. The Bertz CT molecular complexity index is 494. The lowest BCUT2D eigenvalue weighted by molar-refractivity contribution is 0.513. The van der Waals surface area contributed by atoms with Gasteiger partial charge in [0.1, 0.15) is 23.7 Å². The normalized spacial score (nSPS) is 10.8. The molecule has 0 spiro atoms. The number of furan rings is 1. The summed E-state index contributed by atoms with van der Waals surface area (Å²) in [5.74, 6) is 2.59. The van der Waals surface area contributed by atoms with E-state index in [1.807, 2.05) is 12.1 Å². The van der Waals surface area contributed by atoms with Crippen molar-refractivity contribution in [2.45, 2.75) is 26.2 Å². The number of anilines is 2. The Morgan fingerprint density at radius 1 is 1.39 bits per heavy atom. The van der Waals surface area contributed by atoms with Gasteiger partial charge in [0.2, 0.25) is 0 Å². The van der Waals surface area contributed by atoms with Crippen LogP contribution in [0.25, 0.3) is 0 Å². The highest BCUT2D eigenvalue weighted by Gasteiger charge is 2.12. The van der Waals surface area contributed by atoms with Crippen LogP contribution in [0.5, 0.6) is 0 Å². The summed E-state index contributed by atoms with van der Waals surface area (Å²) < 4.78 is 5.28. The van der Waals surface area contributed by atoms with Crippen LogP contribution in [-0.2, 0) is 6.42 Å². The van der Waals surface area contributed by atoms with Crippen molar-refractivity contribution in [3.63, 3.8) is 0 Å². The molecule has 18 heavy (non-hydrogen) atoms. The Balaban J connectivity index is 2.03. The lowest BCUT2D eigenvalue weighted by atomic mass is 10.0. The first kappa shape index (κ1) is 12.4. The van der Waals surface area contributed by atoms with E-state index in [9.17, 15) is 0 Å². The summed E-state index contributed by atoms with van der Waals surface area (Å²) in [6.45, 7) is 4.91. The van der Waals surface area contributed by atoms with E-state index < -0.39 is 0 Å². The van der Waals surface area contributed by atoms with Crippen LogP contribution < -0.4 is 11.1 Å². The first-order chi connectivity index (χ1) is 8.68. The number of nitrogens with one attached hydrogen (secondary N) is 1. The number of nitrogens with two attached hydrogens (primary N) is 1. The first-order valence-corrected chi connectivity index (χ1v) is 6.05. The largest absolute Gasteiger partial charge is 0.469 e. The number of nitrogen functional groups attached to an aromatic ring is 1. The van der Waals surface area contributed by atoms with Crippen LogP contribution in [0.2, 0.25) is 0 Å². The maximum absolute atomic E-state index is 5.88. The molecule has 0 amide bonds. The number of nitrogens with zero attached hydrogens (tertiary/aromatic N) is 2. The SMILES string of the molecule is CC(C)c1c(N)ncnc1NCCc1ccco1. The third kappa shape index (κ3) is 2.80. The molecule has 3 N–H and O–H groups in total. The minimum Gasteiger partial charge on any atom is -0.469 e. The third-order valence-corrected chi connectivity index (χ3v) is 2.74. The topological polar surface area (TPSA) is 77.0 Å². The molecule has 0 saturated heterocycles. The molecule has 2 aromatic rings. The molecule has 96 valence electrons. The number of hydrogen-bond acceptors (Lipinski definition) is 5. The maximum atomic E-state index is 5.88. The van der Waals surface area contributed by atoms with Gasteiger partial charge in [-0.25, -0.2) is 9.97 Å². The van der Waals surface area contributed by atoms with Gasteiger partial charge < -0.3 is 15.5 Å². The zero-order chi connectivity index (χ0) is 13.0. The van der Waals surface area contributed by atoms with Gasteiger partial charge in [-0.1, -0.05) is 13.8 Å². The van der Waals surface area contributed by atoms with E-state index in [1.54, 1.807) is 6.26 Å². The van der Waals surface area contributed by atoms with Crippen molar-refractivity contribution >= 4 is 11.6 Å². The van der Waals surface area contributed by atoms with E-state index in [1.165, 1.54) is 6.33 Å². The van der Waals surface area contributed by atoms with Crippen LogP contribution in [0.1, 0.15) is 31.1 Å². The molecule has 0 atom stereocenters. The van der Waals surface area contributed by atoms with Crippen molar-refractivity contribution in [1.29, 1.82) is 0 Å². The fourth-order valence-corrected chi connectivity index (χ4v) is 1.88. The van der Waals surface area contributed by atoms with Crippen LogP contribution in [0.15, 0.2) is 29.1 Å². The molecule has 0 fully saturated rings. The average molecular weight is 246 g/mol. The summed E-state index contributed by atoms with van der Waals surface area (Å²) in [6.07, 6.45) is 3.97. The Kier molecular flexibility index (Phi) is 3.82. The summed E-state index contributed by atoms with van der Waals surface area (Å²) in [4.78, 5) is 8.27. The molecular formula is C13H18N4O. The predicted molar refractivity (Wildman–Crippen MR) is 71.4 cm³/mol. The van der Waals surface area contributed by atoms with Gasteiger partial charge in [-0.15, -0.1) is 0 Å². The highest BCUT2D eigenvalue weighted by atomic mass is 16.3. The van der Waals surface area contributed by atoms with Crippen LogP contribution in [0.3, 0.4) is 0 Å². The van der Waals surface area contributed by atoms with Gasteiger partial charge in [-0.2, -0.15) is 0 Å². The molecule has 0 bridgehead atoms. The highest BCUT2D eigenvalue weighted by Crippen LogP contribution is 2.25. The van der Waals surface area contributed by atoms with E-state index in [4.69, 9.17) is 10.2 Å². The van der Waals surface area contributed by atoms with Gasteiger partial charge in [0.05, 0.1) is 6.26 Å². The standard InChI is InChI=1S/C13H18N4O/c1-9(2)11-12(14)16-8-17-13(11)15-6-5-10-4-3-7-18-10/h3-4,7-9H,5-6H2,1-2H3,(H3,14,15,16,17). The fourth-order valence-electron chi connectivity index (χ4n) is 1.88. The Labute approximate surface area is 106 Å². The monoisotopic (exact) mass is 246 g/mol. The van der Waals surface area contributed by atoms with Crippen LogP contribution in [0.4, 0.5) is 11.6 Å². The molecule has 0 aliphatic heterocycles. The molecular weight excluding hydrogens is 228 g/mol. The molecule has 0 unspecified atom stereocenters. The fraction of sp³-hybridized carbons (Fsp3) is 0.385. The van der Waals surface area contributed by atoms with E-state index in [0.717, 1.165) is 30.1 Å². The molecule has 2 rings (SSSR count). The lowest BCUT2D eigenvalue weighted by Gasteiger charge is -2.14. The van der Waals surface area contributed by atoms with Gasteiger partial charge in [0.25, 0.3) is 0 Å². The summed E-state index contributed by atoms with van der Waals surface area (Å²) in [7, 11) is 0. The van der Waals surface area contributed by atoms with Crippen LogP contribution in [-0.4, -0.2) is 16.5 Å². The van der Waals surface area contributed by atoms with Gasteiger partial charge >= 0.3 is 0 Å². The summed E-state index contributed by atoms with van der Waals surface area (Å²) in [5.41, 5.74) is 6.85. The molecule has 5 heteroatoms. The number of hydrogen-bond donors (Lipinski definition) is 2. The summed E-state index contributed by atoms with van der Waals surface area (Å²) in [6, 6.07) is 3.84. The minimum absolute atomic E-state index is 0.289. The first-order valence-electron chi connectivity index (χ1n) is 6.05. The number of rotatable bonds is 5.